The van der Waals surface area contributed by atoms with Crippen LogP contribution in [0, 0.1) is 0 Å². The second-order valence-corrected chi connectivity index (χ2v) is 6.84. The summed E-state index contributed by atoms with van der Waals surface area (Å²) in [7, 11) is 0. The maximum absolute atomic E-state index is 12.5. The van der Waals surface area contributed by atoms with Gasteiger partial charge in [0.1, 0.15) is 5.82 Å². The highest BCUT2D eigenvalue weighted by molar-refractivity contribution is 6.36. The summed E-state index contributed by atoms with van der Waals surface area (Å²) in [6, 6.07) is 10.7. The first kappa shape index (κ1) is 18.0. The lowest BCUT2D eigenvalue weighted by Crippen LogP contribution is -2.53. The van der Waals surface area contributed by atoms with Crippen molar-refractivity contribution in [3.8, 4) is 0 Å². The molecule has 25 heavy (non-hydrogen) atoms. The van der Waals surface area contributed by atoms with Crippen molar-refractivity contribution in [3.63, 3.8) is 0 Å². The van der Waals surface area contributed by atoms with Gasteiger partial charge < -0.3 is 10.2 Å². The molecule has 1 aliphatic rings. The number of pyridine rings is 1. The van der Waals surface area contributed by atoms with Crippen LogP contribution in [0.5, 0.6) is 0 Å². The highest BCUT2D eigenvalue weighted by atomic mass is 35.5. The largest absolute Gasteiger partial charge is 0.354 e. The van der Waals surface area contributed by atoms with E-state index in [1.54, 1.807) is 24.4 Å². The highest BCUT2D eigenvalue weighted by Gasteiger charge is 2.26. The zero-order valence-corrected chi connectivity index (χ0v) is 15.5. The third-order valence-electron chi connectivity index (χ3n) is 4.40. The fourth-order valence-corrected chi connectivity index (χ4v) is 3.33. The van der Waals surface area contributed by atoms with E-state index in [0.717, 1.165) is 32.0 Å². The summed E-state index contributed by atoms with van der Waals surface area (Å²) in [6.07, 6.45) is 1.80. The number of piperazine rings is 1. The molecule has 0 saturated carbocycles. The van der Waals surface area contributed by atoms with Crippen LogP contribution in [-0.4, -0.2) is 48.0 Å². The number of hydrogen-bond acceptors (Lipinski definition) is 4. The maximum Gasteiger partial charge on any atom is 0.241 e. The Morgan fingerprint density at radius 1 is 1.16 bits per heavy atom. The van der Waals surface area contributed by atoms with Crippen LogP contribution >= 0.6 is 23.2 Å². The van der Waals surface area contributed by atoms with Gasteiger partial charge in [-0.05, 0) is 37.3 Å². The van der Waals surface area contributed by atoms with Crippen LogP contribution in [0.15, 0.2) is 42.6 Å². The van der Waals surface area contributed by atoms with Gasteiger partial charge in [-0.25, -0.2) is 4.98 Å². The summed E-state index contributed by atoms with van der Waals surface area (Å²) >= 11 is 12.0. The molecule has 7 heteroatoms. The molecule has 1 atom stereocenters. The smallest absolute Gasteiger partial charge is 0.241 e. The first-order valence-corrected chi connectivity index (χ1v) is 8.96. The van der Waals surface area contributed by atoms with Gasteiger partial charge in [0.25, 0.3) is 0 Å². The molecule has 3 rings (SSSR count). The van der Waals surface area contributed by atoms with Gasteiger partial charge in [0.2, 0.25) is 5.91 Å². The molecular formula is C18H20Cl2N4O. The standard InChI is InChI=1S/C18H20Cl2N4O/c1-13(18(25)22-16-6-5-14(19)12-15(16)20)23-8-10-24(11-9-23)17-4-2-3-7-21-17/h2-7,12-13H,8-11H2,1H3,(H,22,25)/t13-/m1/s1. The number of amides is 1. The average Bonchev–Trinajstić information content (AvgIpc) is 2.64. The van der Waals surface area contributed by atoms with Crippen LogP contribution in [0.3, 0.4) is 0 Å². The van der Waals surface area contributed by atoms with E-state index in [0.29, 0.717) is 15.7 Å². The molecule has 1 aliphatic heterocycles. The summed E-state index contributed by atoms with van der Waals surface area (Å²) in [6.45, 7) is 5.21. The number of benzene rings is 1. The molecule has 1 fully saturated rings. The van der Waals surface area contributed by atoms with Gasteiger partial charge >= 0.3 is 0 Å². The summed E-state index contributed by atoms with van der Waals surface area (Å²) in [5.74, 6) is 0.905. The van der Waals surface area contributed by atoms with Crippen LogP contribution < -0.4 is 10.2 Å². The van der Waals surface area contributed by atoms with Crippen molar-refractivity contribution in [3.05, 3.63) is 52.6 Å². The van der Waals surface area contributed by atoms with Gasteiger partial charge in [-0.15, -0.1) is 0 Å². The van der Waals surface area contributed by atoms with Crippen molar-refractivity contribution in [2.45, 2.75) is 13.0 Å². The van der Waals surface area contributed by atoms with E-state index < -0.39 is 0 Å². The Morgan fingerprint density at radius 2 is 1.92 bits per heavy atom. The highest BCUT2D eigenvalue weighted by Crippen LogP contribution is 2.25. The van der Waals surface area contributed by atoms with Crippen LogP contribution in [0.2, 0.25) is 10.0 Å². The molecule has 0 radical (unpaired) electrons. The molecule has 0 spiro atoms. The summed E-state index contributed by atoms with van der Waals surface area (Å²) in [5, 5.41) is 3.86. The van der Waals surface area contributed by atoms with E-state index in [4.69, 9.17) is 23.2 Å². The minimum atomic E-state index is -0.238. The lowest BCUT2D eigenvalue weighted by Gasteiger charge is -2.37. The van der Waals surface area contributed by atoms with E-state index in [2.05, 4.69) is 20.1 Å². The number of carbonyl (C=O) groups is 1. The average molecular weight is 379 g/mol. The first-order valence-electron chi connectivity index (χ1n) is 8.20. The molecule has 1 amide bonds. The van der Waals surface area contributed by atoms with Crippen LogP contribution in [0.4, 0.5) is 11.5 Å². The fraction of sp³-hybridized carbons (Fsp3) is 0.333. The Balaban J connectivity index is 1.56. The molecule has 1 aromatic heterocycles. The van der Waals surface area contributed by atoms with Crippen molar-refractivity contribution >= 4 is 40.6 Å². The van der Waals surface area contributed by atoms with E-state index in [1.165, 1.54) is 0 Å². The predicted molar refractivity (Wildman–Crippen MR) is 103 cm³/mol. The molecular weight excluding hydrogens is 359 g/mol. The number of aromatic nitrogens is 1. The zero-order valence-electron chi connectivity index (χ0n) is 14.0. The van der Waals surface area contributed by atoms with Crippen molar-refractivity contribution in [1.82, 2.24) is 9.88 Å². The van der Waals surface area contributed by atoms with Crippen LogP contribution in [0.25, 0.3) is 0 Å². The van der Waals surface area contributed by atoms with E-state index in [1.807, 2.05) is 25.1 Å². The van der Waals surface area contributed by atoms with E-state index in [9.17, 15) is 4.79 Å². The quantitative estimate of drug-likeness (QED) is 0.883. The maximum atomic E-state index is 12.5. The van der Waals surface area contributed by atoms with E-state index in [-0.39, 0.29) is 11.9 Å². The third kappa shape index (κ3) is 4.42. The van der Waals surface area contributed by atoms with Gasteiger partial charge in [0.15, 0.2) is 0 Å². The number of rotatable bonds is 4. The molecule has 1 N–H and O–H groups in total. The second-order valence-electron chi connectivity index (χ2n) is 6.00. The number of halogens is 2. The number of hydrogen-bond donors (Lipinski definition) is 1. The Morgan fingerprint density at radius 3 is 2.56 bits per heavy atom. The molecule has 5 nitrogen and oxygen atoms in total. The SMILES string of the molecule is C[C@H](C(=O)Nc1ccc(Cl)cc1Cl)N1CCN(c2ccccn2)CC1. The van der Waals surface area contributed by atoms with Crippen LogP contribution in [-0.2, 0) is 4.79 Å². The molecule has 1 saturated heterocycles. The number of carbonyl (C=O) groups excluding carboxylic acids is 1. The molecule has 2 heterocycles. The van der Waals surface area contributed by atoms with Gasteiger partial charge in [-0.3, -0.25) is 9.69 Å². The van der Waals surface area contributed by atoms with Crippen molar-refractivity contribution in [2.75, 3.05) is 36.4 Å². The summed E-state index contributed by atoms with van der Waals surface area (Å²) in [5.41, 5.74) is 0.579. The molecule has 2 aromatic rings. The van der Waals surface area contributed by atoms with E-state index >= 15 is 0 Å². The summed E-state index contributed by atoms with van der Waals surface area (Å²) < 4.78 is 0. The van der Waals surface area contributed by atoms with Crippen LogP contribution in [0.1, 0.15) is 6.92 Å². The Hall–Kier alpha value is -1.82. The van der Waals surface area contributed by atoms with Crippen molar-refractivity contribution in [1.29, 1.82) is 0 Å². The monoisotopic (exact) mass is 378 g/mol. The Kier molecular flexibility index (Phi) is 5.78. The fourth-order valence-electron chi connectivity index (χ4n) is 2.87. The topological polar surface area (TPSA) is 48.5 Å². The lowest BCUT2D eigenvalue weighted by molar-refractivity contribution is -0.120. The number of nitrogens with one attached hydrogen (secondary N) is 1. The molecule has 0 bridgehead atoms. The normalized spacial score (nSPS) is 16.5. The predicted octanol–water partition coefficient (Wildman–Crippen LogP) is 3.54. The minimum Gasteiger partial charge on any atom is -0.354 e. The molecule has 0 unspecified atom stereocenters. The zero-order chi connectivity index (χ0) is 17.8. The number of anilines is 2. The summed E-state index contributed by atoms with van der Waals surface area (Å²) in [4.78, 5) is 21.3. The van der Waals surface area contributed by atoms with Crippen molar-refractivity contribution < 1.29 is 4.79 Å². The van der Waals surface area contributed by atoms with Gasteiger partial charge in [-0.2, -0.15) is 0 Å². The molecule has 1 aromatic carbocycles. The van der Waals surface area contributed by atoms with Gasteiger partial charge in [0, 0.05) is 37.4 Å². The number of nitrogens with zero attached hydrogens (tertiary/aromatic N) is 3. The molecule has 132 valence electrons. The van der Waals surface area contributed by atoms with Gasteiger partial charge in [-0.1, -0.05) is 29.3 Å². The Labute approximate surface area is 157 Å². The lowest BCUT2D eigenvalue weighted by atomic mass is 10.2. The third-order valence-corrected chi connectivity index (χ3v) is 4.95. The second kappa shape index (κ2) is 8.04. The molecule has 0 aliphatic carbocycles. The first-order chi connectivity index (χ1) is 12.0. The Bertz CT molecular complexity index is 733. The van der Waals surface area contributed by atoms with Gasteiger partial charge in [0.05, 0.1) is 16.8 Å². The van der Waals surface area contributed by atoms with Crippen molar-refractivity contribution in [2.24, 2.45) is 0 Å². The minimum absolute atomic E-state index is 0.0736.